The molecule has 6 heteroatoms. The number of nitrogens with zero attached hydrogens (tertiary/aromatic N) is 3. The van der Waals surface area contributed by atoms with E-state index in [1.807, 2.05) is 30.9 Å². The molecule has 28 heavy (non-hydrogen) atoms. The van der Waals surface area contributed by atoms with Crippen molar-refractivity contribution in [1.82, 2.24) is 14.5 Å². The molecule has 2 aromatic carbocycles. The fraction of sp³-hybridized carbons (Fsp3) is 0.273. The van der Waals surface area contributed by atoms with E-state index in [1.165, 1.54) is 17.7 Å². The van der Waals surface area contributed by atoms with Gasteiger partial charge in [-0.1, -0.05) is 24.6 Å². The highest BCUT2D eigenvalue weighted by Crippen LogP contribution is 2.33. The van der Waals surface area contributed by atoms with Crippen LogP contribution in [0.3, 0.4) is 0 Å². The quantitative estimate of drug-likeness (QED) is 0.728. The molecule has 0 spiro atoms. The molecule has 1 aromatic heterocycles. The maximum absolute atomic E-state index is 13.4. The number of halogens is 1. The van der Waals surface area contributed by atoms with Gasteiger partial charge in [0.2, 0.25) is 5.91 Å². The van der Waals surface area contributed by atoms with Crippen molar-refractivity contribution < 1.29 is 9.18 Å². The van der Waals surface area contributed by atoms with Crippen molar-refractivity contribution in [3.63, 3.8) is 0 Å². The number of rotatable bonds is 4. The van der Waals surface area contributed by atoms with Gasteiger partial charge in [-0.2, -0.15) is 0 Å². The van der Waals surface area contributed by atoms with Crippen LogP contribution in [0.1, 0.15) is 24.7 Å². The maximum atomic E-state index is 13.4. The molecule has 4 rings (SSSR count). The minimum atomic E-state index is -0.277. The first kappa shape index (κ1) is 18.2. The Balaban J connectivity index is 1.76. The first-order chi connectivity index (χ1) is 13.5. The van der Waals surface area contributed by atoms with Gasteiger partial charge in [-0.05, 0) is 43.3 Å². The second-order valence-electron chi connectivity index (χ2n) is 7.04. The molecule has 0 aliphatic carbocycles. The van der Waals surface area contributed by atoms with Gasteiger partial charge < -0.3 is 14.8 Å². The van der Waals surface area contributed by atoms with E-state index in [0.29, 0.717) is 26.1 Å². The molecule has 0 saturated carbocycles. The van der Waals surface area contributed by atoms with Crippen molar-refractivity contribution in [2.24, 2.45) is 0 Å². The van der Waals surface area contributed by atoms with Crippen LogP contribution in [0.15, 0.2) is 48.5 Å². The SMILES string of the molecule is CCC(=O)N1CCn2c(nc(-c3ccc(F)cc3)c2Nc2ccc(C)cc2)C1. The summed E-state index contributed by atoms with van der Waals surface area (Å²) in [7, 11) is 0. The Morgan fingerprint density at radius 2 is 1.82 bits per heavy atom. The fourth-order valence-electron chi connectivity index (χ4n) is 3.48. The number of nitrogens with one attached hydrogen (secondary N) is 1. The van der Waals surface area contributed by atoms with Gasteiger partial charge in [-0.25, -0.2) is 9.37 Å². The Morgan fingerprint density at radius 3 is 2.50 bits per heavy atom. The number of benzene rings is 2. The summed E-state index contributed by atoms with van der Waals surface area (Å²) in [6.07, 6.45) is 0.486. The standard InChI is InChI=1S/C22H23FN4O/c1-3-20(28)26-12-13-27-19(14-26)25-21(16-6-8-17(23)9-7-16)22(27)24-18-10-4-15(2)5-11-18/h4-11,24H,3,12-14H2,1-2H3. The van der Waals surface area contributed by atoms with Crippen LogP contribution in [0.4, 0.5) is 15.9 Å². The van der Waals surface area contributed by atoms with Crippen LogP contribution in [0.2, 0.25) is 0 Å². The predicted molar refractivity (Wildman–Crippen MR) is 108 cm³/mol. The second kappa shape index (κ2) is 7.46. The van der Waals surface area contributed by atoms with E-state index in [9.17, 15) is 9.18 Å². The summed E-state index contributed by atoms with van der Waals surface area (Å²) in [5, 5.41) is 3.48. The van der Waals surface area contributed by atoms with Crippen LogP contribution in [-0.2, 0) is 17.9 Å². The molecule has 5 nitrogen and oxygen atoms in total. The van der Waals surface area contributed by atoms with Gasteiger partial charge in [-0.3, -0.25) is 4.79 Å². The highest BCUT2D eigenvalue weighted by atomic mass is 19.1. The number of aromatic nitrogens is 2. The number of carbonyl (C=O) groups excluding carboxylic acids is 1. The fourth-order valence-corrected chi connectivity index (χ4v) is 3.48. The highest BCUT2D eigenvalue weighted by molar-refractivity contribution is 5.78. The van der Waals surface area contributed by atoms with Crippen LogP contribution in [0.5, 0.6) is 0 Å². The summed E-state index contributed by atoms with van der Waals surface area (Å²) in [5.41, 5.74) is 3.75. The highest BCUT2D eigenvalue weighted by Gasteiger charge is 2.26. The number of amides is 1. The van der Waals surface area contributed by atoms with E-state index in [4.69, 9.17) is 4.98 Å². The average Bonchev–Trinajstić information content (AvgIpc) is 3.07. The van der Waals surface area contributed by atoms with Crippen molar-refractivity contribution in [3.05, 3.63) is 65.7 Å². The Hall–Kier alpha value is -3.15. The second-order valence-corrected chi connectivity index (χ2v) is 7.04. The average molecular weight is 378 g/mol. The first-order valence-corrected chi connectivity index (χ1v) is 9.52. The van der Waals surface area contributed by atoms with Crippen molar-refractivity contribution in [3.8, 4) is 11.3 Å². The summed E-state index contributed by atoms with van der Waals surface area (Å²) >= 11 is 0. The zero-order valence-electron chi connectivity index (χ0n) is 16.1. The topological polar surface area (TPSA) is 50.2 Å². The number of aryl methyl sites for hydroxylation is 1. The third-order valence-electron chi connectivity index (χ3n) is 5.06. The van der Waals surface area contributed by atoms with E-state index in [1.54, 1.807) is 12.1 Å². The van der Waals surface area contributed by atoms with Gasteiger partial charge in [0.1, 0.15) is 23.2 Å². The lowest BCUT2D eigenvalue weighted by molar-refractivity contribution is -0.132. The molecule has 2 heterocycles. The number of hydrogen-bond donors (Lipinski definition) is 1. The van der Waals surface area contributed by atoms with Crippen LogP contribution >= 0.6 is 0 Å². The third kappa shape index (κ3) is 3.50. The lowest BCUT2D eigenvalue weighted by Gasteiger charge is -2.28. The summed E-state index contributed by atoms with van der Waals surface area (Å²) < 4.78 is 15.5. The van der Waals surface area contributed by atoms with E-state index in [2.05, 4.69) is 22.0 Å². The molecule has 0 fully saturated rings. The summed E-state index contributed by atoms with van der Waals surface area (Å²) in [6.45, 7) is 5.73. The summed E-state index contributed by atoms with van der Waals surface area (Å²) in [4.78, 5) is 18.8. The third-order valence-corrected chi connectivity index (χ3v) is 5.06. The molecule has 1 aliphatic rings. The van der Waals surface area contributed by atoms with Crippen LogP contribution < -0.4 is 5.32 Å². The van der Waals surface area contributed by atoms with E-state index >= 15 is 0 Å². The molecule has 144 valence electrons. The Labute approximate surface area is 163 Å². The molecule has 0 radical (unpaired) electrons. The van der Waals surface area contributed by atoms with Gasteiger partial charge in [-0.15, -0.1) is 0 Å². The molecular formula is C22H23FN4O. The lowest BCUT2D eigenvalue weighted by atomic mass is 10.1. The maximum Gasteiger partial charge on any atom is 0.222 e. The molecule has 1 N–H and O–H groups in total. The van der Waals surface area contributed by atoms with E-state index in [0.717, 1.165) is 28.6 Å². The summed E-state index contributed by atoms with van der Waals surface area (Å²) in [6, 6.07) is 14.5. The minimum absolute atomic E-state index is 0.130. The van der Waals surface area contributed by atoms with Crippen molar-refractivity contribution in [2.45, 2.75) is 33.4 Å². The first-order valence-electron chi connectivity index (χ1n) is 9.52. The molecule has 0 unspecified atom stereocenters. The largest absolute Gasteiger partial charge is 0.340 e. The molecule has 0 bridgehead atoms. The van der Waals surface area contributed by atoms with Gasteiger partial charge in [0.15, 0.2) is 0 Å². The molecular weight excluding hydrogens is 355 g/mol. The number of imidazole rings is 1. The van der Waals surface area contributed by atoms with Gasteiger partial charge in [0.05, 0.1) is 6.54 Å². The normalized spacial score (nSPS) is 13.3. The molecule has 3 aromatic rings. The predicted octanol–water partition coefficient (Wildman–Crippen LogP) is 4.49. The Morgan fingerprint density at radius 1 is 1.11 bits per heavy atom. The molecule has 0 saturated heterocycles. The van der Waals surface area contributed by atoms with Crippen LogP contribution in [0.25, 0.3) is 11.3 Å². The minimum Gasteiger partial charge on any atom is -0.340 e. The zero-order chi connectivity index (χ0) is 19.7. The van der Waals surface area contributed by atoms with E-state index < -0.39 is 0 Å². The Bertz CT molecular complexity index is 993. The van der Waals surface area contributed by atoms with Crippen molar-refractivity contribution >= 4 is 17.4 Å². The molecule has 1 amide bonds. The lowest BCUT2D eigenvalue weighted by Crippen LogP contribution is -2.38. The van der Waals surface area contributed by atoms with Crippen LogP contribution in [-0.4, -0.2) is 26.9 Å². The Kier molecular flexibility index (Phi) is 4.86. The molecule has 0 atom stereocenters. The van der Waals surface area contributed by atoms with Gasteiger partial charge in [0, 0.05) is 30.8 Å². The monoisotopic (exact) mass is 378 g/mol. The number of carbonyl (C=O) groups is 1. The number of anilines is 2. The van der Waals surface area contributed by atoms with Gasteiger partial charge >= 0.3 is 0 Å². The van der Waals surface area contributed by atoms with Crippen LogP contribution in [0, 0.1) is 12.7 Å². The number of hydrogen-bond acceptors (Lipinski definition) is 3. The van der Waals surface area contributed by atoms with Crippen molar-refractivity contribution in [1.29, 1.82) is 0 Å². The zero-order valence-corrected chi connectivity index (χ0v) is 16.1. The van der Waals surface area contributed by atoms with E-state index in [-0.39, 0.29) is 11.7 Å². The number of fused-ring (bicyclic) bond motifs is 1. The summed E-state index contributed by atoms with van der Waals surface area (Å²) in [5.74, 6) is 1.56. The van der Waals surface area contributed by atoms with Crippen molar-refractivity contribution in [2.75, 3.05) is 11.9 Å². The smallest absolute Gasteiger partial charge is 0.222 e. The molecule has 1 aliphatic heterocycles. The van der Waals surface area contributed by atoms with Gasteiger partial charge in [0.25, 0.3) is 0 Å².